The molecule has 0 aliphatic carbocycles. The number of hydrogen-bond donors (Lipinski definition) is 1. The van der Waals surface area contributed by atoms with Crippen LogP contribution in [0.15, 0.2) is 24.3 Å². The molecule has 0 fully saturated rings. The SMILES string of the molecule is C#Cc1ccccc1C(C)CN. The average molecular weight is 159 g/mol. The van der Waals surface area contributed by atoms with Crippen LogP contribution >= 0.6 is 0 Å². The molecule has 0 aromatic heterocycles. The van der Waals surface area contributed by atoms with E-state index in [4.69, 9.17) is 12.2 Å². The second-order valence-corrected chi connectivity index (χ2v) is 2.87. The van der Waals surface area contributed by atoms with Crippen molar-refractivity contribution in [2.45, 2.75) is 12.8 Å². The van der Waals surface area contributed by atoms with Gasteiger partial charge < -0.3 is 5.73 Å². The van der Waals surface area contributed by atoms with Gasteiger partial charge in [-0.15, -0.1) is 6.42 Å². The largest absolute Gasteiger partial charge is 0.330 e. The summed E-state index contributed by atoms with van der Waals surface area (Å²) in [5, 5.41) is 0. The van der Waals surface area contributed by atoms with Gasteiger partial charge in [-0.05, 0) is 24.1 Å². The first-order chi connectivity index (χ1) is 5.79. The van der Waals surface area contributed by atoms with Gasteiger partial charge in [0.15, 0.2) is 0 Å². The minimum atomic E-state index is 0.345. The third kappa shape index (κ3) is 1.66. The van der Waals surface area contributed by atoms with Crippen molar-refractivity contribution in [3.63, 3.8) is 0 Å². The first kappa shape index (κ1) is 8.83. The lowest BCUT2D eigenvalue weighted by molar-refractivity contribution is 0.772. The summed E-state index contributed by atoms with van der Waals surface area (Å²) in [4.78, 5) is 0. The summed E-state index contributed by atoms with van der Waals surface area (Å²) >= 11 is 0. The molecule has 1 aromatic carbocycles. The van der Waals surface area contributed by atoms with Crippen LogP contribution < -0.4 is 5.73 Å². The van der Waals surface area contributed by atoms with Crippen LogP contribution in [-0.4, -0.2) is 6.54 Å². The second kappa shape index (κ2) is 3.94. The lowest BCUT2D eigenvalue weighted by Gasteiger charge is -2.10. The van der Waals surface area contributed by atoms with Gasteiger partial charge in [-0.3, -0.25) is 0 Å². The Hall–Kier alpha value is -1.26. The fourth-order valence-electron chi connectivity index (χ4n) is 1.19. The zero-order valence-electron chi connectivity index (χ0n) is 7.25. The number of nitrogens with two attached hydrogens (primary N) is 1. The molecule has 1 rings (SSSR count). The van der Waals surface area contributed by atoms with Gasteiger partial charge in [0, 0.05) is 5.56 Å². The maximum atomic E-state index is 5.56. The molecule has 1 unspecified atom stereocenters. The van der Waals surface area contributed by atoms with E-state index in [-0.39, 0.29) is 0 Å². The molecule has 0 aliphatic heterocycles. The average Bonchev–Trinajstić information content (AvgIpc) is 2.16. The van der Waals surface area contributed by atoms with Crippen molar-refractivity contribution in [2.75, 3.05) is 6.54 Å². The van der Waals surface area contributed by atoms with Gasteiger partial charge in [0.05, 0.1) is 0 Å². The molecule has 0 saturated carbocycles. The summed E-state index contributed by atoms with van der Waals surface area (Å²) in [6.07, 6.45) is 5.35. The first-order valence-corrected chi connectivity index (χ1v) is 4.05. The van der Waals surface area contributed by atoms with Crippen molar-refractivity contribution in [3.05, 3.63) is 35.4 Å². The molecule has 1 nitrogen and oxygen atoms in total. The zero-order chi connectivity index (χ0) is 8.97. The van der Waals surface area contributed by atoms with E-state index in [2.05, 4.69) is 12.8 Å². The van der Waals surface area contributed by atoms with E-state index in [1.165, 1.54) is 5.56 Å². The monoisotopic (exact) mass is 159 g/mol. The summed E-state index contributed by atoms with van der Waals surface area (Å²) in [6, 6.07) is 7.92. The van der Waals surface area contributed by atoms with Crippen LogP contribution in [0.1, 0.15) is 24.0 Å². The third-order valence-electron chi connectivity index (χ3n) is 2.00. The Morgan fingerprint density at radius 1 is 1.50 bits per heavy atom. The predicted octanol–water partition coefficient (Wildman–Crippen LogP) is 1.73. The van der Waals surface area contributed by atoms with Crippen molar-refractivity contribution >= 4 is 0 Å². The van der Waals surface area contributed by atoms with E-state index >= 15 is 0 Å². The predicted molar refractivity (Wildman–Crippen MR) is 51.8 cm³/mol. The van der Waals surface area contributed by atoms with Crippen LogP contribution in [-0.2, 0) is 0 Å². The lowest BCUT2D eigenvalue weighted by atomic mass is 9.96. The number of terminal acetylenes is 1. The number of hydrogen-bond acceptors (Lipinski definition) is 1. The topological polar surface area (TPSA) is 26.0 Å². The molecule has 62 valence electrons. The Kier molecular flexibility index (Phi) is 2.90. The Bertz CT molecular complexity index is 296. The van der Waals surface area contributed by atoms with Crippen molar-refractivity contribution in [3.8, 4) is 12.3 Å². The highest BCUT2D eigenvalue weighted by atomic mass is 14.5. The highest BCUT2D eigenvalue weighted by Crippen LogP contribution is 2.17. The van der Waals surface area contributed by atoms with E-state index in [9.17, 15) is 0 Å². The van der Waals surface area contributed by atoms with E-state index in [1.807, 2.05) is 24.3 Å². The molecule has 0 radical (unpaired) electrons. The number of rotatable bonds is 2. The third-order valence-corrected chi connectivity index (χ3v) is 2.00. The van der Waals surface area contributed by atoms with Crippen LogP contribution in [0.2, 0.25) is 0 Å². The molecule has 1 aromatic rings. The Balaban J connectivity index is 3.07. The molecule has 0 amide bonds. The van der Waals surface area contributed by atoms with E-state index in [1.54, 1.807) is 0 Å². The molecule has 0 saturated heterocycles. The molecule has 12 heavy (non-hydrogen) atoms. The van der Waals surface area contributed by atoms with Crippen molar-refractivity contribution in [1.82, 2.24) is 0 Å². The van der Waals surface area contributed by atoms with Crippen molar-refractivity contribution in [2.24, 2.45) is 5.73 Å². The van der Waals surface area contributed by atoms with Gasteiger partial charge in [-0.1, -0.05) is 31.0 Å². The van der Waals surface area contributed by atoms with Gasteiger partial charge in [-0.25, -0.2) is 0 Å². The smallest absolute Gasteiger partial charge is 0.0277 e. The van der Waals surface area contributed by atoms with Crippen LogP contribution in [0.3, 0.4) is 0 Å². The minimum Gasteiger partial charge on any atom is -0.330 e. The Morgan fingerprint density at radius 3 is 2.75 bits per heavy atom. The molecular weight excluding hydrogens is 146 g/mol. The van der Waals surface area contributed by atoms with Gasteiger partial charge in [0.2, 0.25) is 0 Å². The van der Waals surface area contributed by atoms with E-state index in [0.717, 1.165) is 5.56 Å². The second-order valence-electron chi connectivity index (χ2n) is 2.87. The van der Waals surface area contributed by atoms with Crippen LogP contribution in [0, 0.1) is 12.3 Å². The maximum Gasteiger partial charge on any atom is 0.0277 e. The molecule has 0 heterocycles. The molecule has 1 heteroatoms. The fraction of sp³-hybridized carbons (Fsp3) is 0.273. The standard InChI is InChI=1S/C11H13N/c1-3-10-6-4-5-7-11(10)9(2)8-12/h1,4-7,9H,8,12H2,2H3. The minimum absolute atomic E-state index is 0.345. The normalized spacial score (nSPS) is 12.1. The zero-order valence-corrected chi connectivity index (χ0v) is 7.25. The molecule has 0 aliphatic rings. The van der Waals surface area contributed by atoms with Crippen molar-refractivity contribution in [1.29, 1.82) is 0 Å². The van der Waals surface area contributed by atoms with E-state index < -0.39 is 0 Å². The van der Waals surface area contributed by atoms with E-state index in [0.29, 0.717) is 12.5 Å². The summed E-state index contributed by atoms with van der Waals surface area (Å²) in [5.41, 5.74) is 7.68. The van der Waals surface area contributed by atoms with Gasteiger partial charge in [0.1, 0.15) is 0 Å². The molecule has 0 bridgehead atoms. The highest BCUT2D eigenvalue weighted by Gasteiger charge is 2.05. The maximum absolute atomic E-state index is 5.56. The summed E-state index contributed by atoms with van der Waals surface area (Å²) < 4.78 is 0. The quantitative estimate of drug-likeness (QED) is 0.653. The highest BCUT2D eigenvalue weighted by molar-refractivity contribution is 5.41. The fourth-order valence-corrected chi connectivity index (χ4v) is 1.19. The van der Waals surface area contributed by atoms with Crippen molar-refractivity contribution < 1.29 is 0 Å². The van der Waals surface area contributed by atoms with Gasteiger partial charge in [0.25, 0.3) is 0 Å². The van der Waals surface area contributed by atoms with Gasteiger partial charge >= 0.3 is 0 Å². The molecule has 2 N–H and O–H groups in total. The first-order valence-electron chi connectivity index (χ1n) is 4.05. The summed E-state index contributed by atoms with van der Waals surface area (Å²) in [7, 11) is 0. The van der Waals surface area contributed by atoms with Gasteiger partial charge in [-0.2, -0.15) is 0 Å². The Morgan fingerprint density at radius 2 is 2.17 bits per heavy atom. The summed E-state index contributed by atoms with van der Waals surface area (Å²) in [6.45, 7) is 2.72. The number of benzene rings is 1. The summed E-state index contributed by atoms with van der Waals surface area (Å²) in [5.74, 6) is 3.00. The molecule has 0 spiro atoms. The molecule has 1 atom stereocenters. The Labute approximate surface area is 73.6 Å². The van der Waals surface area contributed by atoms with Crippen LogP contribution in [0.25, 0.3) is 0 Å². The van der Waals surface area contributed by atoms with Crippen LogP contribution in [0.4, 0.5) is 0 Å². The lowest BCUT2D eigenvalue weighted by Crippen LogP contribution is -2.10. The molecular formula is C11H13N. The van der Waals surface area contributed by atoms with Crippen LogP contribution in [0.5, 0.6) is 0 Å².